The number of benzene rings is 1. The summed E-state index contributed by atoms with van der Waals surface area (Å²) in [5.41, 5.74) is 1.24. The van der Waals surface area contributed by atoms with Crippen LogP contribution in [0.15, 0.2) is 51.2 Å². The minimum absolute atomic E-state index is 0.481. The smallest absolute Gasteiger partial charge is 0.191 e. The first-order valence-corrected chi connectivity index (χ1v) is 9.92. The Kier molecular flexibility index (Phi) is 6.15. The fourth-order valence-electron chi connectivity index (χ4n) is 2.91. The topological polar surface area (TPSA) is 39.7 Å². The monoisotopic (exact) mass is 406 g/mol. The van der Waals surface area contributed by atoms with Gasteiger partial charge >= 0.3 is 0 Å². The molecule has 2 N–H and O–H groups in total. The van der Waals surface area contributed by atoms with E-state index in [0.29, 0.717) is 6.04 Å². The molecule has 3 rings (SSSR count). The Morgan fingerprint density at radius 1 is 1.29 bits per heavy atom. The summed E-state index contributed by atoms with van der Waals surface area (Å²) in [5, 5.41) is 10.5. The first-order chi connectivity index (χ1) is 11.7. The number of nitrogens with zero attached hydrogens (tertiary/aromatic N) is 2. The Hall–Kier alpha value is -1.53. The average molecular weight is 407 g/mol. The maximum absolute atomic E-state index is 4.36. The van der Waals surface area contributed by atoms with Crippen LogP contribution in [0.3, 0.4) is 0 Å². The molecule has 24 heavy (non-hydrogen) atoms. The number of rotatable bonds is 4. The van der Waals surface area contributed by atoms with Crippen LogP contribution in [0.2, 0.25) is 0 Å². The molecule has 1 aliphatic rings. The highest BCUT2D eigenvalue weighted by Gasteiger charge is 2.20. The summed E-state index contributed by atoms with van der Waals surface area (Å²) in [6.07, 6.45) is 2.27. The van der Waals surface area contributed by atoms with E-state index in [2.05, 4.69) is 72.2 Å². The van der Waals surface area contributed by atoms with Crippen LogP contribution in [-0.2, 0) is 6.54 Å². The molecular formula is C18H23BrN4S. The molecule has 0 saturated carbocycles. The second kappa shape index (κ2) is 8.53. The zero-order valence-electron chi connectivity index (χ0n) is 13.8. The van der Waals surface area contributed by atoms with Crippen molar-refractivity contribution in [1.29, 1.82) is 0 Å². The molecule has 0 bridgehead atoms. The fraction of sp³-hybridized carbons (Fsp3) is 0.389. The van der Waals surface area contributed by atoms with E-state index in [4.69, 9.17) is 0 Å². The Morgan fingerprint density at radius 3 is 2.79 bits per heavy atom. The van der Waals surface area contributed by atoms with Gasteiger partial charge in [-0.15, -0.1) is 11.3 Å². The van der Waals surface area contributed by atoms with Crippen molar-refractivity contribution in [2.24, 2.45) is 4.99 Å². The summed E-state index contributed by atoms with van der Waals surface area (Å²) in [4.78, 5) is 6.83. The van der Waals surface area contributed by atoms with Crippen molar-refractivity contribution in [3.05, 3.63) is 51.8 Å². The third kappa shape index (κ3) is 4.74. The van der Waals surface area contributed by atoms with Gasteiger partial charge in [0.05, 0.1) is 5.00 Å². The second-order valence-electron chi connectivity index (χ2n) is 5.91. The minimum atomic E-state index is 0.481. The lowest BCUT2D eigenvalue weighted by atomic mass is 10.1. The zero-order valence-corrected chi connectivity index (χ0v) is 16.2. The van der Waals surface area contributed by atoms with Gasteiger partial charge in [-0.2, -0.15) is 0 Å². The molecule has 6 heteroatoms. The first kappa shape index (κ1) is 17.3. The van der Waals surface area contributed by atoms with Crippen LogP contribution in [0.1, 0.15) is 18.4 Å². The van der Waals surface area contributed by atoms with Crippen LogP contribution in [0.4, 0.5) is 5.00 Å². The summed E-state index contributed by atoms with van der Waals surface area (Å²) in [6, 6.07) is 13.1. The molecule has 1 aromatic heterocycles. The highest BCUT2D eigenvalue weighted by Crippen LogP contribution is 2.24. The molecule has 0 aliphatic carbocycles. The van der Waals surface area contributed by atoms with Crippen LogP contribution < -0.4 is 15.5 Å². The Morgan fingerprint density at radius 2 is 2.12 bits per heavy atom. The predicted octanol–water partition coefficient (Wildman–Crippen LogP) is 3.84. The number of aliphatic imine (C=N–C) groups is 1. The van der Waals surface area contributed by atoms with Gasteiger partial charge in [-0.25, -0.2) is 0 Å². The van der Waals surface area contributed by atoms with Crippen LogP contribution in [0.25, 0.3) is 0 Å². The maximum atomic E-state index is 4.36. The highest BCUT2D eigenvalue weighted by molar-refractivity contribution is 9.10. The Balaban J connectivity index is 1.46. The van der Waals surface area contributed by atoms with Crippen molar-refractivity contribution >= 4 is 38.2 Å². The van der Waals surface area contributed by atoms with Crippen molar-refractivity contribution in [2.45, 2.75) is 25.4 Å². The lowest BCUT2D eigenvalue weighted by Crippen LogP contribution is -2.48. The largest absolute Gasteiger partial charge is 0.363 e. The fourth-order valence-corrected chi connectivity index (χ4v) is 4.15. The number of hydrogen-bond donors (Lipinski definition) is 2. The number of hydrogen-bond acceptors (Lipinski definition) is 3. The normalized spacial score (nSPS) is 16.2. The number of guanidine groups is 1. The number of thiophene rings is 1. The second-order valence-corrected chi connectivity index (χ2v) is 7.75. The predicted molar refractivity (Wildman–Crippen MR) is 107 cm³/mol. The third-order valence-electron chi connectivity index (χ3n) is 4.23. The summed E-state index contributed by atoms with van der Waals surface area (Å²) in [6.45, 7) is 2.97. The number of nitrogens with one attached hydrogen (secondary N) is 2. The van der Waals surface area contributed by atoms with Gasteiger partial charge in [-0.3, -0.25) is 4.99 Å². The van der Waals surface area contributed by atoms with Crippen molar-refractivity contribution < 1.29 is 0 Å². The SMILES string of the molecule is CN=C(NCc1cccc(Br)c1)NC1CCN(c2cccs2)CC1. The molecule has 1 fully saturated rings. The zero-order chi connectivity index (χ0) is 16.8. The molecule has 0 amide bonds. The number of anilines is 1. The van der Waals surface area contributed by atoms with E-state index < -0.39 is 0 Å². The molecule has 1 aromatic carbocycles. The molecular weight excluding hydrogens is 384 g/mol. The van der Waals surface area contributed by atoms with Crippen molar-refractivity contribution in [1.82, 2.24) is 10.6 Å². The minimum Gasteiger partial charge on any atom is -0.363 e. The molecule has 0 atom stereocenters. The molecule has 0 spiro atoms. The standard InChI is InChI=1S/C18H23BrN4S/c1-20-18(21-13-14-4-2-5-15(19)12-14)22-16-7-9-23(10-8-16)17-6-3-11-24-17/h2-6,11-12,16H,7-10,13H2,1H3,(H2,20,21,22). The molecule has 2 heterocycles. The molecule has 4 nitrogen and oxygen atoms in total. The summed E-state index contributed by atoms with van der Waals surface area (Å²) in [5.74, 6) is 0.879. The number of piperidine rings is 1. The summed E-state index contributed by atoms with van der Waals surface area (Å²) in [7, 11) is 1.83. The van der Waals surface area contributed by atoms with E-state index in [0.717, 1.165) is 42.9 Å². The summed E-state index contributed by atoms with van der Waals surface area (Å²) >= 11 is 5.33. The van der Waals surface area contributed by atoms with E-state index in [9.17, 15) is 0 Å². The third-order valence-corrected chi connectivity index (χ3v) is 5.65. The van der Waals surface area contributed by atoms with Gasteiger partial charge in [0.25, 0.3) is 0 Å². The van der Waals surface area contributed by atoms with Gasteiger partial charge in [-0.1, -0.05) is 28.1 Å². The quantitative estimate of drug-likeness (QED) is 0.598. The van der Waals surface area contributed by atoms with Gasteiger partial charge in [-0.05, 0) is 48.1 Å². The van der Waals surface area contributed by atoms with Crippen LogP contribution in [0, 0.1) is 0 Å². The molecule has 128 valence electrons. The van der Waals surface area contributed by atoms with E-state index in [1.165, 1.54) is 10.6 Å². The molecule has 0 unspecified atom stereocenters. The van der Waals surface area contributed by atoms with Crippen molar-refractivity contribution in [2.75, 3.05) is 25.0 Å². The van der Waals surface area contributed by atoms with E-state index in [1.807, 2.05) is 24.5 Å². The Labute approximate surface area is 156 Å². The van der Waals surface area contributed by atoms with Gasteiger partial charge in [0.1, 0.15) is 0 Å². The van der Waals surface area contributed by atoms with Gasteiger partial charge < -0.3 is 15.5 Å². The van der Waals surface area contributed by atoms with E-state index in [-0.39, 0.29) is 0 Å². The first-order valence-electron chi connectivity index (χ1n) is 8.24. The highest BCUT2D eigenvalue weighted by atomic mass is 79.9. The van der Waals surface area contributed by atoms with E-state index in [1.54, 1.807) is 0 Å². The molecule has 1 aliphatic heterocycles. The number of halogens is 1. The average Bonchev–Trinajstić information content (AvgIpc) is 3.14. The summed E-state index contributed by atoms with van der Waals surface area (Å²) < 4.78 is 1.10. The van der Waals surface area contributed by atoms with Crippen molar-refractivity contribution in [3.8, 4) is 0 Å². The molecule has 2 aromatic rings. The lowest BCUT2D eigenvalue weighted by molar-refractivity contribution is 0.463. The molecule has 1 saturated heterocycles. The molecule has 0 radical (unpaired) electrons. The van der Waals surface area contributed by atoms with Gasteiger partial charge in [0.2, 0.25) is 0 Å². The van der Waals surface area contributed by atoms with Gasteiger partial charge in [0.15, 0.2) is 5.96 Å². The van der Waals surface area contributed by atoms with Crippen LogP contribution in [-0.4, -0.2) is 32.1 Å². The van der Waals surface area contributed by atoms with Gasteiger partial charge in [0, 0.05) is 37.2 Å². The Bertz CT molecular complexity index is 663. The maximum Gasteiger partial charge on any atom is 0.191 e. The van der Waals surface area contributed by atoms with Crippen molar-refractivity contribution in [3.63, 3.8) is 0 Å². The lowest BCUT2D eigenvalue weighted by Gasteiger charge is -2.33. The van der Waals surface area contributed by atoms with E-state index >= 15 is 0 Å². The van der Waals surface area contributed by atoms with Crippen LogP contribution in [0.5, 0.6) is 0 Å². The van der Waals surface area contributed by atoms with Crippen LogP contribution >= 0.6 is 27.3 Å².